The third kappa shape index (κ3) is 3.37. The zero-order chi connectivity index (χ0) is 16.3. The van der Waals surface area contributed by atoms with Crippen molar-refractivity contribution in [2.24, 2.45) is 0 Å². The molecule has 0 aliphatic carbocycles. The minimum absolute atomic E-state index is 0.0129. The van der Waals surface area contributed by atoms with Gasteiger partial charge < -0.3 is 11.1 Å². The number of rotatable bonds is 4. The molecule has 0 fully saturated rings. The van der Waals surface area contributed by atoms with Gasteiger partial charge in [-0.05, 0) is 47.5 Å². The molecule has 3 aromatic rings. The summed E-state index contributed by atoms with van der Waals surface area (Å²) in [7, 11) is 0. The van der Waals surface area contributed by atoms with Crippen LogP contribution in [0, 0.1) is 0 Å². The monoisotopic (exact) mass is 302 g/mol. The summed E-state index contributed by atoms with van der Waals surface area (Å²) >= 11 is 0. The van der Waals surface area contributed by atoms with E-state index in [0.29, 0.717) is 0 Å². The van der Waals surface area contributed by atoms with Crippen molar-refractivity contribution in [2.45, 2.75) is 19.3 Å². The maximum Gasteiger partial charge on any atom is 0.0385 e. The van der Waals surface area contributed by atoms with Crippen LogP contribution in [0.2, 0.25) is 0 Å². The van der Waals surface area contributed by atoms with Gasteiger partial charge in [0.15, 0.2) is 0 Å². The molecule has 0 saturated heterocycles. The highest BCUT2D eigenvalue weighted by atomic mass is 14.9. The third-order valence-electron chi connectivity index (χ3n) is 4.30. The van der Waals surface area contributed by atoms with Crippen LogP contribution >= 0.6 is 0 Å². The van der Waals surface area contributed by atoms with Gasteiger partial charge in [0.1, 0.15) is 0 Å². The normalized spacial score (nSPS) is 11.2. The van der Waals surface area contributed by atoms with Gasteiger partial charge in [-0.15, -0.1) is 0 Å². The lowest BCUT2D eigenvalue weighted by atomic mass is 9.78. The Bertz CT molecular complexity index is 757. The smallest absolute Gasteiger partial charge is 0.0385 e. The summed E-state index contributed by atoms with van der Waals surface area (Å²) in [6.07, 6.45) is 0. The molecule has 3 N–H and O–H groups in total. The van der Waals surface area contributed by atoms with Gasteiger partial charge in [-0.2, -0.15) is 0 Å². The van der Waals surface area contributed by atoms with Gasteiger partial charge in [0, 0.05) is 22.5 Å². The molecule has 0 heterocycles. The molecule has 3 rings (SSSR count). The van der Waals surface area contributed by atoms with Gasteiger partial charge in [0.05, 0.1) is 0 Å². The van der Waals surface area contributed by atoms with Gasteiger partial charge in [-0.25, -0.2) is 0 Å². The van der Waals surface area contributed by atoms with Gasteiger partial charge in [0.25, 0.3) is 0 Å². The molecule has 0 saturated carbocycles. The van der Waals surface area contributed by atoms with Crippen LogP contribution in [0.15, 0.2) is 78.9 Å². The van der Waals surface area contributed by atoms with Crippen molar-refractivity contribution in [1.82, 2.24) is 0 Å². The fourth-order valence-electron chi connectivity index (χ4n) is 2.72. The predicted molar refractivity (Wildman–Crippen MR) is 99.1 cm³/mol. The molecule has 0 bridgehead atoms. The molecule has 3 aromatic carbocycles. The highest BCUT2D eigenvalue weighted by Crippen LogP contribution is 2.32. The lowest BCUT2D eigenvalue weighted by Crippen LogP contribution is -2.18. The van der Waals surface area contributed by atoms with E-state index in [1.165, 1.54) is 11.1 Å². The zero-order valence-electron chi connectivity index (χ0n) is 13.6. The van der Waals surface area contributed by atoms with Crippen molar-refractivity contribution in [1.29, 1.82) is 0 Å². The van der Waals surface area contributed by atoms with E-state index in [4.69, 9.17) is 5.73 Å². The van der Waals surface area contributed by atoms with Crippen LogP contribution in [-0.4, -0.2) is 0 Å². The van der Waals surface area contributed by atoms with Crippen molar-refractivity contribution >= 4 is 17.1 Å². The Kier molecular flexibility index (Phi) is 4.07. The molecule has 0 aliphatic rings. The molecule has 23 heavy (non-hydrogen) atoms. The first-order chi connectivity index (χ1) is 11.1. The summed E-state index contributed by atoms with van der Waals surface area (Å²) in [5.74, 6) is 0. The first-order valence-electron chi connectivity index (χ1n) is 7.84. The molecular weight excluding hydrogens is 280 g/mol. The molecule has 116 valence electrons. The Balaban J connectivity index is 1.80. The van der Waals surface area contributed by atoms with E-state index < -0.39 is 0 Å². The van der Waals surface area contributed by atoms with Crippen molar-refractivity contribution in [3.63, 3.8) is 0 Å². The fraction of sp³-hybridized carbons (Fsp3) is 0.143. The van der Waals surface area contributed by atoms with Gasteiger partial charge in [0.2, 0.25) is 0 Å². The van der Waals surface area contributed by atoms with Crippen molar-refractivity contribution in [3.8, 4) is 0 Å². The van der Waals surface area contributed by atoms with E-state index in [9.17, 15) is 0 Å². The summed E-state index contributed by atoms with van der Waals surface area (Å²) < 4.78 is 0. The molecule has 0 aromatic heterocycles. The zero-order valence-corrected chi connectivity index (χ0v) is 13.6. The second-order valence-electron chi connectivity index (χ2n) is 6.32. The van der Waals surface area contributed by atoms with E-state index >= 15 is 0 Å². The number of nitrogens with one attached hydrogen (secondary N) is 1. The highest BCUT2D eigenvalue weighted by Gasteiger charge is 2.22. The highest BCUT2D eigenvalue weighted by molar-refractivity contribution is 5.62. The minimum atomic E-state index is -0.0129. The van der Waals surface area contributed by atoms with E-state index in [2.05, 4.69) is 73.8 Å². The van der Waals surface area contributed by atoms with E-state index in [0.717, 1.165) is 17.1 Å². The van der Waals surface area contributed by atoms with Crippen molar-refractivity contribution < 1.29 is 0 Å². The van der Waals surface area contributed by atoms with Gasteiger partial charge in [-0.1, -0.05) is 56.3 Å². The number of hydrogen-bond donors (Lipinski definition) is 2. The summed E-state index contributed by atoms with van der Waals surface area (Å²) in [6.45, 7) is 4.51. The molecule has 0 spiro atoms. The third-order valence-corrected chi connectivity index (χ3v) is 4.30. The standard InChI is InChI=1S/C21H22N2/c1-21(2,16-6-4-3-5-7-16)17-8-12-19(13-9-17)23-20-14-10-18(22)11-15-20/h3-15,23H,22H2,1-2H3. The first-order valence-corrected chi connectivity index (χ1v) is 7.84. The average molecular weight is 302 g/mol. The Labute approximate surface area is 138 Å². The summed E-state index contributed by atoms with van der Waals surface area (Å²) in [4.78, 5) is 0. The Morgan fingerprint density at radius 2 is 1.13 bits per heavy atom. The van der Waals surface area contributed by atoms with Crippen LogP contribution in [0.4, 0.5) is 17.1 Å². The summed E-state index contributed by atoms with van der Waals surface area (Å²) in [5, 5.41) is 3.39. The Morgan fingerprint density at radius 3 is 1.70 bits per heavy atom. The van der Waals surface area contributed by atoms with E-state index in [1.807, 2.05) is 24.3 Å². The molecule has 0 aliphatic heterocycles. The minimum Gasteiger partial charge on any atom is -0.399 e. The Morgan fingerprint density at radius 1 is 0.652 bits per heavy atom. The maximum absolute atomic E-state index is 5.72. The number of hydrogen-bond acceptors (Lipinski definition) is 2. The van der Waals surface area contributed by atoms with Crippen LogP contribution in [0.25, 0.3) is 0 Å². The second-order valence-corrected chi connectivity index (χ2v) is 6.32. The second kappa shape index (κ2) is 6.17. The number of anilines is 3. The largest absolute Gasteiger partial charge is 0.399 e. The molecule has 0 amide bonds. The van der Waals surface area contributed by atoms with Gasteiger partial charge >= 0.3 is 0 Å². The average Bonchev–Trinajstić information content (AvgIpc) is 2.58. The maximum atomic E-state index is 5.72. The van der Waals surface area contributed by atoms with E-state index in [-0.39, 0.29) is 5.41 Å². The SMILES string of the molecule is CC(C)(c1ccccc1)c1ccc(Nc2ccc(N)cc2)cc1. The van der Waals surface area contributed by atoms with Crippen LogP contribution in [0.1, 0.15) is 25.0 Å². The van der Waals surface area contributed by atoms with Crippen LogP contribution in [0.5, 0.6) is 0 Å². The molecule has 0 unspecified atom stereocenters. The Hall–Kier alpha value is -2.74. The van der Waals surface area contributed by atoms with Crippen LogP contribution in [0.3, 0.4) is 0 Å². The van der Waals surface area contributed by atoms with Crippen molar-refractivity contribution in [2.75, 3.05) is 11.1 Å². The lowest BCUT2D eigenvalue weighted by Gasteiger charge is -2.26. The summed E-state index contributed by atoms with van der Waals surface area (Å²) in [6, 6.07) is 27.0. The topological polar surface area (TPSA) is 38.0 Å². The molecule has 0 atom stereocenters. The molecule has 2 heteroatoms. The van der Waals surface area contributed by atoms with E-state index in [1.54, 1.807) is 0 Å². The molecular formula is C21H22N2. The number of benzene rings is 3. The van der Waals surface area contributed by atoms with Crippen molar-refractivity contribution in [3.05, 3.63) is 90.0 Å². The quantitative estimate of drug-likeness (QED) is 0.638. The summed E-state index contributed by atoms with van der Waals surface area (Å²) in [5.41, 5.74) is 11.2. The molecule has 0 radical (unpaired) electrons. The number of nitrogen functional groups attached to an aromatic ring is 1. The predicted octanol–water partition coefficient (Wildman–Crippen LogP) is 5.34. The van der Waals surface area contributed by atoms with Crippen LogP contribution < -0.4 is 11.1 Å². The van der Waals surface area contributed by atoms with Gasteiger partial charge in [-0.3, -0.25) is 0 Å². The first kappa shape index (κ1) is 15.2. The fourth-order valence-corrected chi connectivity index (χ4v) is 2.72. The molecule has 2 nitrogen and oxygen atoms in total. The van der Waals surface area contributed by atoms with Crippen LogP contribution in [-0.2, 0) is 5.41 Å². The lowest BCUT2D eigenvalue weighted by molar-refractivity contribution is 0.641. The number of nitrogens with two attached hydrogens (primary N) is 1.